The van der Waals surface area contributed by atoms with E-state index < -0.39 is 23.9 Å². The van der Waals surface area contributed by atoms with E-state index in [1.165, 1.54) is 6.07 Å². The topological polar surface area (TPSA) is 37.3 Å². The maximum atomic E-state index is 13.6. The lowest BCUT2D eigenvalue weighted by atomic mass is 9.90. The summed E-state index contributed by atoms with van der Waals surface area (Å²) in [6.45, 7) is 0.822. The minimum Gasteiger partial charge on any atom is -0.481 e. The van der Waals surface area contributed by atoms with Crippen molar-refractivity contribution in [1.82, 2.24) is 0 Å². The lowest BCUT2D eigenvalue weighted by molar-refractivity contribution is -0.137. The lowest BCUT2D eigenvalue weighted by Crippen LogP contribution is -2.14. The molecule has 0 amide bonds. The zero-order valence-corrected chi connectivity index (χ0v) is 9.59. The maximum absolute atomic E-state index is 13.6. The molecule has 17 heavy (non-hydrogen) atoms. The van der Waals surface area contributed by atoms with Crippen LogP contribution in [0.5, 0.6) is 0 Å². The van der Waals surface area contributed by atoms with E-state index in [0.717, 1.165) is 12.8 Å². The maximum Gasteiger partial charge on any atom is 0.304 e. The number of carboxylic acids is 1. The number of aliphatic carboxylic acids is 1. The highest BCUT2D eigenvalue weighted by Gasteiger charge is 2.46. The van der Waals surface area contributed by atoms with Crippen LogP contribution < -0.4 is 0 Å². The smallest absolute Gasteiger partial charge is 0.304 e. The van der Waals surface area contributed by atoms with Gasteiger partial charge in [0.2, 0.25) is 0 Å². The van der Waals surface area contributed by atoms with Crippen LogP contribution >= 0.6 is 0 Å². The fourth-order valence-electron chi connectivity index (χ4n) is 2.26. The van der Waals surface area contributed by atoms with Gasteiger partial charge < -0.3 is 5.11 Å². The van der Waals surface area contributed by atoms with E-state index in [1.807, 2.05) is 0 Å². The first-order valence-corrected chi connectivity index (χ1v) is 5.56. The number of alkyl halides is 1. The molecule has 0 saturated heterocycles. The highest BCUT2D eigenvalue weighted by molar-refractivity contribution is 5.70. The minimum absolute atomic E-state index is 0.0147. The molecule has 1 aliphatic carbocycles. The second kappa shape index (κ2) is 4.09. The van der Waals surface area contributed by atoms with Crippen molar-refractivity contribution < 1.29 is 18.7 Å². The summed E-state index contributed by atoms with van der Waals surface area (Å²) in [4.78, 5) is 10.8. The minimum atomic E-state index is -0.880. The van der Waals surface area contributed by atoms with E-state index in [4.69, 9.17) is 5.11 Å². The number of rotatable bonds is 4. The van der Waals surface area contributed by atoms with Crippen LogP contribution in [0.25, 0.3) is 0 Å². The summed E-state index contributed by atoms with van der Waals surface area (Å²) in [6, 6.07) is 3.01. The molecule has 0 aromatic heterocycles. The third-order valence-corrected chi connectivity index (χ3v) is 3.51. The molecule has 0 heterocycles. The van der Waals surface area contributed by atoms with Gasteiger partial charge in [-0.1, -0.05) is 6.07 Å². The predicted molar refractivity (Wildman–Crippen MR) is 59.1 cm³/mol. The third kappa shape index (κ3) is 2.16. The Bertz CT molecular complexity index is 441. The highest BCUT2D eigenvalue weighted by atomic mass is 19.1. The Morgan fingerprint density at radius 3 is 2.53 bits per heavy atom. The van der Waals surface area contributed by atoms with Gasteiger partial charge in [0.15, 0.2) is 0 Å². The van der Waals surface area contributed by atoms with Crippen molar-refractivity contribution >= 4 is 5.97 Å². The molecule has 2 nitrogen and oxygen atoms in total. The van der Waals surface area contributed by atoms with Gasteiger partial charge in [0.1, 0.15) is 12.5 Å². The Kier molecular flexibility index (Phi) is 2.89. The largest absolute Gasteiger partial charge is 0.481 e. The van der Waals surface area contributed by atoms with Gasteiger partial charge in [-0.25, -0.2) is 8.78 Å². The molecule has 92 valence electrons. The molecule has 0 unspecified atom stereocenters. The van der Waals surface area contributed by atoms with Gasteiger partial charge in [-0.2, -0.15) is 0 Å². The van der Waals surface area contributed by atoms with Crippen molar-refractivity contribution in [1.29, 1.82) is 0 Å². The summed E-state index contributed by atoms with van der Waals surface area (Å²) in [6.07, 6.45) is 1.53. The molecule has 0 bridgehead atoms. The number of hydrogen-bond donors (Lipinski definition) is 1. The molecule has 1 N–H and O–H groups in total. The standard InChI is InChI=1S/C13H14F2O2/c1-8-4-9(5-11(15)10(8)7-14)13(2-3-13)6-12(16)17/h4-5H,2-3,6-7H2,1H3,(H,16,17). The molecule has 1 aromatic rings. The summed E-state index contributed by atoms with van der Waals surface area (Å²) in [5.74, 6) is -1.45. The van der Waals surface area contributed by atoms with Gasteiger partial charge in [-0.3, -0.25) is 4.79 Å². The molecule has 1 saturated carbocycles. The van der Waals surface area contributed by atoms with Crippen LogP contribution in [0.1, 0.15) is 36.0 Å². The highest BCUT2D eigenvalue weighted by Crippen LogP contribution is 2.51. The van der Waals surface area contributed by atoms with Crippen LogP contribution in [0.3, 0.4) is 0 Å². The Hall–Kier alpha value is -1.45. The summed E-state index contributed by atoms with van der Waals surface area (Å²) in [5.41, 5.74) is 0.887. The fraction of sp³-hybridized carbons (Fsp3) is 0.462. The van der Waals surface area contributed by atoms with Gasteiger partial charge in [0, 0.05) is 11.0 Å². The molecule has 0 aliphatic heterocycles. The van der Waals surface area contributed by atoms with E-state index in [0.29, 0.717) is 11.1 Å². The average molecular weight is 240 g/mol. The van der Waals surface area contributed by atoms with Crippen molar-refractivity contribution in [2.75, 3.05) is 0 Å². The third-order valence-electron chi connectivity index (χ3n) is 3.51. The van der Waals surface area contributed by atoms with Gasteiger partial charge >= 0.3 is 5.97 Å². The van der Waals surface area contributed by atoms with Gasteiger partial charge in [0.25, 0.3) is 0 Å². The number of carbonyl (C=O) groups is 1. The zero-order valence-electron chi connectivity index (χ0n) is 9.59. The SMILES string of the molecule is Cc1cc(C2(CC(=O)O)CC2)cc(F)c1CF. The molecular weight excluding hydrogens is 226 g/mol. The van der Waals surface area contributed by atoms with Gasteiger partial charge in [-0.05, 0) is 37.0 Å². The Labute approximate surface area is 98.3 Å². The predicted octanol–water partition coefficient (Wildman–Crippen LogP) is 3.11. The van der Waals surface area contributed by atoms with E-state index in [-0.39, 0.29) is 12.0 Å². The normalized spacial score (nSPS) is 16.9. The molecule has 1 fully saturated rings. The number of aryl methyl sites for hydroxylation is 1. The molecule has 0 radical (unpaired) electrons. The van der Waals surface area contributed by atoms with Gasteiger partial charge in [0.05, 0.1) is 6.42 Å². The van der Waals surface area contributed by atoms with E-state index in [2.05, 4.69) is 0 Å². The summed E-state index contributed by atoms with van der Waals surface area (Å²) in [5, 5.41) is 8.84. The van der Waals surface area contributed by atoms with Gasteiger partial charge in [-0.15, -0.1) is 0 Å². The van der Waals surface area contributed by atoms with Crippen molar-refractivity contribution in [2.45, 2.75) is 38.3 Å². The number of benzene rings is 1. The first kappa shape index (κ1) is 12.0. The fourth-order valence-corrected chi connectivity index (χ4v) is 2.26. The number of hydrogen-bond acceptors (Lipinski definition) is 1. The Morgan fingerprint density at radius 2 is 2.12 bits per heavy atom. The first-order chi connectivity index (χ1) is 7.98. The summed E-state index contributed by atoms with van der Waals surface area (Å²) >= 11 is 0. The van der Waals surface area contributed by atoms with Crippen LogP contribution in [0.2, 0.25) is 0 Å². The Balaban J connectivity index is 2.37. The second-order valence-electron chi connectivity index (χ2n) is 4.74. The lowest BCUT2D eigenvalue weighted by Gasteiger charge is -2.15. The van der Waals surface area contributed by atoms with Crippen LogP contribution in [-0.4, -0.2) is 11.1 Å². The summed E-state index contributed by atoms with van der Waals surface area (Å²) in [7, 11) is 0. The monoisotopic (exact) mass is 240 g/mol. The van der Waals surface area contributed by atoms with Crippen LogP contribution in [0.4, 0.5) is 8.78 Å². The molecule has 2 rings (SSSR count). The molecule has 1 aromatic carbocycles. The molecule has 1 aliphatic rings. The van der Waals surface area contributed by atoms with Crippen LogP contribution in [0, 0.1) is 12.7 Å². The zero-order chi connectivity index (χ0) is 12.6. The van der Waals surface area contributed by atoms with Crippen LogP contribution in [-0.2, 0) is 16.9 Å². The van der Waals surface area contributed by atoms with Crippen molar-refractivity contribution in [2.24, 2.45) is 0 Å². The number of carboxylic acid groups (broad SMARTS) is 1. The van der Waals surface area contributed by atoms with Crippen LogP contribution in [0.15, 0.2) is 12.1 Å². The Morgan fingerprint density at radius 1 is 1.47 bits per heavy atom. The molecule has 0 spiro atoms. The second-order valence-corrected chi connectivity index (χ2v) is 4.74. The first-order valence-electron chi connectivity index (χ1n) is 5.56. The van der Waals surface area contributed by atoms with E-state index in [9.17, 15) is 13.6 Å². The molecular formula is C13H14F2O2. The van der Waals surface area contributed by atoms with E-state index in [1.54, 1.807) is 13.0 Å². The average Bonchev–Trinajstić information content (AvgIpc) is 2.97. The molecule has 0 atom stereocenters. The van der Waals surface area contributed by atoms with Crippen molar-refractivity contribution in [3.63, 3.8) is 0 Å². The van der Waals surface area contributed by atoms with Crippen molar-refractivity contribution in [3.8, 4) is 0 Å². The summed E-state index contributed by atoms with van der Waals surface area (Å²) < 4.78 is 26.2. The molecule has 4 heteroatoms. The number of halogens is 2. The van der Waals surface area contributed by atoms with Crippen molar-refractivity contribution in [3.05, 3.63) is 34.6 Å². The van der Waals surface area contributed by atoms with E-state index >= 15 is 0 Å². The quantitative estimate of drug-likeness (QED) is 0.878.